The van der Waals surface area contributed by atoms with Crippen LogP contribution in [-0.2, 0) is 4.74 Å². The van der Waals surface area contributed by atoms with Crippen LogP contribution in [0.3, 0.4) is 0 Å². The Hall–Kier alpha value is -1.77. The first kappa shape index (κ1) is 11.3. The van der Waals surface area contributed by atoms with Crippen LogP contribution in [0.5, 0.6) is 0 Å². The van der Waals surface area contributed by atoms with Gasteiger partial charge in [0.2, 0.25) is 0 Å². The predicted molar refractivity (Wildman–Crippen MR) is 61.2 cm³/mol. The molecule has 0 saturated carbocycles. The summed E-state index contributed by atoms with van der Waals surface area (Å²) in [7, 11) is 3.78. The third-order valence-corrected chi connectivity index (χ3v) is 1.94. The summed E-state index contributed by atoms with van der Waals surface area (Å²) >= 11 is 0. The molecule has 0 amide bonds. The predicted octanol–water partition coefficient (Wildman–Crippen LogP) is 2.10. The van der Waals surface area contributed by atoms with E-state index in [1.165, 1.54) is 0 Å². The average molecular weight is 205 g/mol. The van der Waals surface area contributed by atoms with Crippen LogP contribution in [0.4, 0.5) is 5.69 Å². The second-order valence-electron chi connectivity index (χ2n) is 3.30. The monoisotopic (exact) mass is 205 g/mol. The molecule has 3 nitrogen and oxygen atoms in total. The molecule has 0 spiro atoms. The first-order chi connectivity index (χ1) is 7.16. The number of carbonyl (C=O) groups excluding carboxylic acids is 1. The van der Waals surface area contributed by atoms with Crippen molar-refractivity contribution in [3.63, 3.8) is 0 Å². The molecule has 80 valence electrons. The normalized spacial score (nSPS) is 9.47. The van der Waals surface area contributed by atoms with Crippen LogP contribution in [0.25, 0.3) is 0 Å². The third kappa shape index (κ3) is 2.84. The fraction of sp³-hybridized carbons (Fsp3) is 0.250. The van der Waals surface area contributed by atoms with Crippen molar-refractivity contribution in [2.45, 2.75) is 0 Å². The maximum atomic E-state index is 11.6. The van der Waals surface area contributed by atoms with E-state index in [0.717, 1.165) is 5.69 Å². The van der Waals surface area contributed by atoms with Crippen molar-refractivity contribution < 1.29 is 9.53 Å². The fourth-order valence-corrected chi connectivity index (χ4v) is 1.25. The van der Waals surface area contributed by atoms with E-state index in [4.69, 9.17) is 4.74 Å². The van der Waals surface area contributed by atoms with Crippen LogP contribution in [0.1, 0.15) is 10.4 Å². The summed E-state index contributed by atoms with van der Waals surface area (Å²) in [4.78, 5) is 13.5. The highest BCUT2D eigenvalue weighted by Gasteiger charge is 2.12. The van der Waals surface area contributed by atoms with E-state index in [1.54, 1.807) is 12.1 Å². The van der Waals surface area contributed by atoms with Crippen LogP contribution in [0.2, 0.25) is 0 Å². The summed E-state index contributed by atoms with van der Waals surface area (Å²) in [6.07, 6.45) is 1.55. The van der Waals surface area contributed by atoms with Crippen LogP contribution >= 0.6 is 0 Å². The molecule has 0 radical (unpaired) electrons. The molecular formula is C12H15NO2. The van der Waals surface area contributed by atoms with Gasteiger partial charge in [-0.25, -0.2) is 4.79 Å². The summed E-state index contributed by atoms with van der Waals surface area (Å²) in [6.45, 7) is 3.73. The summed E-state index contributed by atoms with van der Waals surface area (Å²) < 4.78 is 4.98. The zero-order valence-electron chi connectivity index (χ0n) is 9.06. The van der Waals surface area contributed by atoms with Gasteiger partial charge in [0.1, 0.15) is 6.61 Å². The molecule has 0 aliphatic heterocycles. The number of ether oxygens (including phenoxy) is 1. The van der Waals surface area contributed by atoms with Crippen LogP contribution in [-0.4, -0.2) is 26.7 Å². The molecule has 0 heterocycles. The average Bonchev–Trinajstić information content (AvgIpc) is 2.25. The molecule has 15 heavy (non-hydrogen) atoms. The first-order valence-corrected chi connectivity index (χ1v) is 4.71. The Morgan fingerprint density at radius 3 is 2.73 bits per heavy atom. The lowest BCUT2D eigenvalue weighted by Gasteiger charge is -2.15. The maximum absolute atomic E-state index is 11.6. The van der Waals surface area contributed by atoms with Crippen LogP contribution in [0.15, 0.2) is 36.9 Å². The number of hydrogen-bond donors (Lipinski definition) is 0. The molecule has 1 aromatic rings. The second kappa shape index (κ2) is 5.20. The van der Waals surface area contributed by atoms with Crippen LogP contribution in [0, 0.1) is 0 Å². The van der Waals surface area contributed by atoms with Crippen LogP contribution < -0.4 is 4.90 Å². The minimum atomic E-state index is -0.320. The minimum absolute atomic E-state index is 0.237. The quantitative estimate of drug-likeness (QED) is 0.557. The molecule has 0 aliphatic rings. The first-order valence-electron chi connectivity index (χ1n) is 4.71. The van der Waals surface area contributed by atoms with Gasteiger partial charge < -0.3 is 9.64 Å². The zero-order chi connectivity index (χ0) is 11.3. The van der Waals surface area contributed by atoms with Gasteiger partial charge in [-0.15, -0.1) is 0 Å². The third-order valence-electron chi connectivity index (χ3n) is 1.94. The summed E-state index contributed by atoms with van der Waals surface area (Å²) in [5.74, 6) is -0.320. The maximum Gasteiger partial charge on any atom is 0.340 e. The van der Waals surface area contributed by atoms with Gasteiger partial charge in [0.15, 0.2) is 0 Å². The Balaban J connectivity index is 2.92. The lowest BCUT2D eigenvalue weighted by atomic mass is 10.1. The number of esters is 1. The number of anilines is 1. The molecular weight excluding hydrogens is 190 g/mol. The fourth-order valence-electron chi connectivity index (χ4n) is 1.25. The van der Waals surface area contributed by atoms with Crippen molar-refractivity contribution in [1.82, 2.24) is 0 Å². The van der Waals surface area contributed by atoms with Gasteiger partial charge in [-0.2, -0.15) is 0 Å². The van der Waals surface area contributed by atoms with Crippen molar-refractivity contribution in [3.05, 3.63) is 42.5 Å². The Bertz CT molecular complexity index is 358. The summed E-state index contributed by atoms with van der Waals surface area (Å²) in [5.41, 5.74) is 1.43. The highest BCUT2D eigenvalue weighted by atomic mass is 16.5. The van der Waals surface area contributed by atoms with E-state index in [2.05, 4.69) is 6.58 Å². The second-order valence-corrected chi connectivity index (χ2v) is 3.30. The van der Waals surface area contributed by atoms with E-state index in [0.29, 0.717) is 5.56 Å². The van der Waals surface area contributed by atoms with Crippen molar-refractivity contribution in [1.29, 1.82) is 0 Å². The lowest BCUT2D eigenvalue weighted by molar-refractivity contribution is 0.0550. The molecule has 0 fully saturated rings. The summed E-state index contributed by atoms with van der Waals surface area (Å²) in [6, 6.07) is 7.34. The number of nitrogens with zero attached hydrogens (tertiary/aromatic N) is 1. The van der Waals surface area contributed by atoms with E-state index in [-0.39, 0.29) is 12.6 Å². The number of carbonyl (C=O) groups is 1. The van der Waals surface area contributed by atoms with E-state index < -0.39 is 0 Å². The molecule has 1 rings (SSSR count). The number of rotatable bonds is 4. The molecule has 3 heteroatoms. The molecule has 0 aliphatic carbocycles. The van der Waals surface area contributed by atoms with Gasteiger partial charge in [0, 0.05) is 14.1 Å². The number of benzene rings is 1. The standard InChI is InChI=1S/C12H15NO2/c1-4-9-15-12(14)10-7-5-6-8-11(10)13(2)3/h4-8H,1,9H2,2-3H3. The van der Waals surface area contributed by atoms with Gasteiger partial charge in [0.05, 0.1) is 11.3 Å². The highest BCUT2D eigenvalue weighted by molar-refractivity contribution is 5.95. The van der Waals surface area contributed by atoms with E-state index >= 15 is 0 Å². The molecule has 0 unspecified atom stereocenters. The SMILES string of the molecule is C=CCOC(=O)c1ccccc1N(C)C. The number of hydrogen-bond acceptors (Lipinski definition) is 3. The van der Waals surface area contributed by atoms with Gasteiger partial charge in [0.25, 0.3) is 0 Å². The molecule has 0 bridgehead atoms. The Labute approximate surface area is 90.0 Å². The van der Waals surface area contributed by atoms with E-state index in [1.807, 2.05) is 37.2 Å². The topological polar surface area (TPSA) is 29.5 Å². The molecule has 0 aromatic heterocycles. The zero-order valence-corrected chi connectivity index (χ0v) is 9.06. The van der Waals surface area contributed by atoms with Gasteiger partial charge in [-0.05, 0) is 12.1 Å². The molecule has 1 aromatic carbocycles. The lowest BCUT2D eigenvalue weighted by Crippen LogP contribution is -2.15. The van der Waals surface area contributed by atoms with Gasteiger partial charge in [-0.3, -0.25) is 0 Å². The summed E-state index contributed by atoms with van der Waals surface area (Å²) in [5, 5.41) is 0. The Morgan fingerprint density at radius 1 is 1.47 bits per heavy atom. The van der Waals surface area contributed by atoms with E-state index in [9.17, 15) is 4.79 Å². The molecule has 0 saturated heterocycles. The van der Waals surface area contributed by atoms with Crippen molar-refractivity contribution in [3.8, 4) is 0 Å². The van der Waals surface area contributed by atoms with Crippen molar-refractivity contribution in [2.24, 2.45) is 0 Å². The highest BCUT2D eigenvalue weighted by Crippen LogP contribution is 2.18. The smallest absolute Gasteiger partial charge is 0.340 e. The van der Waals surface area contributed by atoms with Crippen molar-refractivity contribution in [2.75, 3.05) is 25.6 Å². The van der Waals surface area contributed by atoms with Crippen molar-refractivity contribution >= 4 is 11.7 Å². The minimum Gasteiger partial charge on any atom is -0.458 e. The molecule has 0 atom stereocenters. The molecule has 0 N–H and O–H groups in total. The largest absolute Gasteiger partial charge is 0.458 e. The van der Waals surface area contributed by atoms with Gasteiger partial charge >= 0.3 is 5.97 Å². The van der Waals surface area contributed by atoms with Gasteiger partial charge in [-0.1, -0.05) is 24.8 Å². The number of para-hydroxylation sites is 1. The Morgan fingerprint density at radius 2 is 2.13 bits per heavy atom. The Kier molecular flexibility index (Phi) is 3.92.